The Morgan fingerprint density at radius 1 is 0.477 bits per heavy atom. The Bertz CT molecular complexity index is 1110. The molecule has 4 nitrogen and oxygen atoms in total. The lowest BCUT2D eigenvalue weighted by Crippen LogP contribution is -2.36. The molecular weight excluding hydrogens is 540 g/mol. The molecule has 0 radical (unpaired) electrons. The minimum absolute atomic E-state index is 0.0364. The van der Waals surface area contributed by atoms with Crippen molar-refractivity contribution in [1.82, 2.24) is 9.80 Å². The summed E-state index contributed by atoms with van der Waals surface area (Å²) in [4.78, 5) is 5.06. The summed E-state index contributed by atoms with van der Waals surface area (Å²) < 4.78 is 0. The summed E-state index contributed by atoms with van der Waals surface area (Å²) in [6.45, 7) is 36.4. The average Bonchev–Trinajstić information content (AvgIpc) is 2.87. The molecule has 0 atom stereocenters. The Labute approximate surface area is 272 Å². The first-order valence-corrected chi connectivity index (χ1v) is 17.3. The third-order valence-electron chi connectivity index (χ3n) is 8.90. The van der Waals surface area contributed by atoms with Crippen LogP contribution >= 0.6 is 0 Å². The van der Waals surface area contributed by atoms with Crippen LogP contribution in [0.3, 0.4) is 0 Å². The van der Waals surface area contributed by atoms with Gasteiger partial charge in [-0.1, -0.05) is 134 Å². The third kappa shape index (κ3) is 10.8. The van der Waals surface area contributed by atoms with Gasteiger partial charge in [0.2, 0.25) is 0 Å². The van der Waals surface area contributed by atoms with Crippen LogP contribution in [-0.2, 0) is 34.7 Å². The molecule has 2 N–H and O–H groups in total. The van der Waals surface area contributed by atoms with Gasteiger partial charge in [0, 0.05) is 37.3 Å². The van der Waals surface area contributed by atoms with E-state index >= 15 is 0 Å². The molecule has 4 heteroatoms. The fourth-order valence-electron chi connectivity index (χ4n) is 5.72. The number of aromatic hydroxyl groups is 2. The van der Waals surface area contributed by atoms with E-state index in [4.69, 9.17) is 0 Å². The molecule has 0 aliphatic heterocycles. The summed E-state index contributed by atoms with van der Waals surface area (Å²) in [5.74, 6) is 0.819. The van der Waals surface area contributed by atoms with Gasteiger partial charge in [0.05, 0.1) is 0 Å². The van der Waals surface area contributed by atoms with Crippen LogP contribution in [0.4, 0.5) is 0 Å². The Hall–Kier alpha value is -2.04. The van der Waals surface area contributed by atoms with Gasteiger partial charge in [0.1, 0.15) is 11.5 Å². The molecule has 0 amide bonds. The predicted molar refractivity (Wildman–Crippen MR) is 191 cm³/mol. The van der Waals surface area contributed by atoms with E-state index in [1.54, 1.807) is 0 Å². The van der Waals surface area contributed by atoms with Gasteiger partial charge in [0.15, 0.2) is 0 Å². The van der Waals surface area contributed by atoms with Gasteiger partial charge < -0.3 is 15.1 Å². The molecule has 0 unspecified atom stereocenters. The lowest BCUT2D eigenvalue weighted by atomic mass is 9.78. The van der Waals surface area contributed by atoms with Crippen molar-refractivity contribution in [2.75, 3.05) is 26.2 Å². The Balaban J connectivity index is 2.67. The molecule has 0 aromatic heterocycles. The molecular formula is C40H68N2O2. The second-order valence-electron chi connectivity index (χ2n) is 17.3. The smallest absolute Gasteiger partial charge is 0.123 e. The first-order chi connectivity index (χ1) is 20.1. The quantitative estimate of drug-likeness (QED) is 0.237. The molecule has 0 aliphatic rings. The van der Waals surface area contributed by atoms with Crippen molar-refractivity contribution in [2.24, 2.45) is 0 Å². The standard InChI is InChI=1S/C40H68N2O2/c1-15-17-19-41(20-18-16-2)21-22-42(27-29-23-31(37(3,4)5)25-33(35(29)43)39(9,10)11)28-30-24-32(38(6,7)8)26-34(36(30)44)40(12,13)14/h23-26,43-44H,15-22,27-28H2,1-14H3. The van der Waals surface area contributed by atoms with Crippen LogP contribution in [0.25, 0.3) is 0 Å². The maximum Gasteiger partial charge on any atom is 0.123 e. The summed E-state index contributed by atoms with van der Waals surface area (Å²) in [7, 11) is 0. The fraction of sp³-hybridized carbons (Fsp3) is 0.700. The second kappa shape index (κ2) is 15.0. The van der Waals surface area contributed by atoms with Gasteiger partial charge in [-0.2, -0.15) is 0 Å². The highest BCUT2D eigenvalue weighted by Crippen LogP contribution is 2.40. The maximum atomic E-state index is 11.7. The lowest BCUT2D eigenvalue weighted by molar-refractivity contribution is 0.186. The van der Waals surface area contributed by atoms with Crippen molar-refractivity contribution in [3.8, 4) is 11.5 Å². The van der Waals surface area contributed by atoms with Gasteiger partial charge in [-0.3, -0.25) is 4.90 Å². The van der Waals surface area contributed by atoms with Crippen LogP contribution in [0, 0.1) is 0 Å². The molecule has 0 spiro atoms. The topological polar surface area (TPSA) is 46.9 Å². The number of phenols is 2. The van der Waals surface area contributed by atoms with Gasteiger partial charge in [-0.15, -0.1) is 0 Å². The van der Waals surface area contributed by atoms with Crippen LogP contribution in [0.5, 0.6) is 11.5 Å². The summed E-state index contributed by atoms with van der Waals surface area (Å²) in [6, 6.07) is 8.84. The van der Waals surface area contributed by atoms with E-state index in [-0.39, 0.29) is 21.7 Å². The first kappa shape index (κ1) is 38.1. The molecule has 2 rings (SSSR count). The number of benzene rings is 2. The fourth-order valence-corrected chi connectivity index (χ4v) is 5.72. The van der Waals surface area contributed by atoms with E-state index in [2.05, 4.69) is 131 Å². The molecule has 0 saturated carbocycles. The number of nitrogens with zero attached hydrogens (tertiary/aromatic N) is 2. The highest BCUT2D eigenvalue weighted by atomic mass is 16.3. The van der Waals surface area contributed by atoms with Crippen molar-refractivity contribution in [2.45, 2.75) is 157 Å². The van der Waals surface area contributed by atoms with Gasteiger partial charge in [-0.25, -0.2) is 0 Å². The lowest BCUT2D eigenvalue weighted by Gasteiger charge is -2.32. The first-order valence-electron chi connectivity index (χ1n) is 17.3. The highest BCUT2D eigenvalue weighted by Gasteiger charge is 2.28. The van der Waals surface area contributed by atoms with E-state index < -0.39 is 0 Å². The molecule has 2 aromatic carbocycles. The number of unbranched alkanes of at least 4 members (excludes halogenated alkanes) is 2. The van der Waals surface area contributed by atoms with Crippen LogP contribution < -0.4 is 0 Å². The van der Waals surface area contributed by atoms with E-state index in [1.165, 1.54) is 36.8 Å². The number of hydrogen-bond acceptors (Lipinski definition) is 4. The summed E-state index contributed by atoms with van der Waals surface area (Å²) in [5.41, 5.74) is 6.00. The van der Waals surface area contributed by atoms with Crippen LogP contribution in [0.2, 0.25) is 0 Å². The molecule has 0 bridgehead atoms. The zero-order chi connectivity index (χ0) is 33.7. The van der Waals surface area contributed by atoms with E-state index in [0.717, 1.165) is 48.4 Å². The summed E-state index contributed by atoms with van der Waals surface area (Å²) >= 11 is 0. The van der Waals surface area contributed by atoms with Crippen LogP contribution in [-0.4, -0.2) is 46.2 Å². The maximum absolute atomic E-state index is 11.7. The van der Waals surface area contributed by atoms with Gasteiger partial charge in [0.25, 0.3) is 0 Å². The molecule has 0 fully saturated rings. The van der Waals surface area contributed by atoms with E-state index in [9.17, 15) is 10.2 Å². The number of rotatable bonds is 13. The number of phenolic OH excluding ortho intramolecular Hbond substituents is 2. The Morgan fingerprint density at radius 2 is 0.818 bits per heavy atom. The zero-order valence-corrected chi connectivity index (χ0v) is 31.2. The molecule has 0 heterocycles. The minimum Gasteiger partial charge on any atom is -0.507 e. The van der Waals surface area contributed by atoms with Gasteiger partial charge >= 0.3 is 0 Å². The second-order valence-corrected chi connectivity index (χ2v) is 17.3. The van der Waals surface area contributed by atoms with E-state index in [1.807, 2.05) is 0 Å². The van der Waals surface area contributed by atoms with E-state index in [0.29, 0.717) is 24.6 Å². The minimum atomic E-state index is -0.178. The highest BCUT2D eigenvalue weighted by molar-refractivity contribution is 5.50. The largest absolute Gasteiger partial charge is 0.507 e. The zero-order valence-electron chi connectivity index (χ0n) is 31.2. The monoisotopic (exact) mass is 609 g/mol. The van der Waals surface area contributed by atoms with Crippen LogP contribution in [0.1, 0.15) is 156 Å². The molecule has 0 aliphatic carbocycles. The van der Waals surface area contributed by atoms with Crippen molar-refractivity contribution in [1.29, 1.82) is 0 Å². The molecule has 2 aromatic rings. The van der Waals surface area contributed by atoms with Crippen molar-refractivity contribution in [3.05, 3.63) is 57.6 Å². The molecule has 0 saturated heterocycles. The SMILES string of the molecule is CCCCN(CCCC)CCN(Cc1cc(C(C)(C)C)cc(C(C)(C)C)c1O)Cc1cc(C(C)(C)C)cc(C(C)(C)C)c1O. The Kier molecular flexibility index (Phi) is 13.0. The predicted octanol–water partition coefficient (Wildman–Crippen LogP) is 10.2. The summed E-state index contributed by atoms with van der Waals surface area (Å²) in [6.07, 6.45) is 4.80. The van der Waals surface area contributed by atoms with Crippen molar-refractivity contribution >= 4 is 0 Å². The number of hydrogen-bond donors (Lipinski definition) is 2. The third-order valence-corrected chi connectivity index (χ3v) is 8.90. The Morgan fingerprint density at radius 3 is 1.11 bits per heavy atom. The average molecular weight is 609 g/mol. The summed E-state index contributed by atoms with van der Waals surface area (Å²) in [5, 5.41) is 23.4. The molecule has 44 heavy (non-hydrogen) atoms. The molecule has 250 valence electrons. The van der Waals surface area contributed by atoms with Crippen molar-refractivity contribution in [3.63, 3.8) is 0 Å². The normalized spacial score (nSPS) is 13.4. The van der Waals surface area contributed by atoms with Crippen molar-refractivity contribution < 1.29 is 10.2 Å². The van der Waals surface area contributed by atoms with Crippen LogP contribution in [0.15, 0.2) is 24.3 Å². The van der Waals surface area contributed by atoms with Gasteiger partial charge in [-0.05, 0) is 69.8 Å².